The lowest BCUT2D eigenvalue weighted by Crippen LogP contribution is -2.56. The Kier molecular flexibility index (Phi) is 5.25. The molecule has 0 radical (unpaired) electrons. The number of amides is 1. The van der Waals surface area contributed by atoms with E-state index in [0.717, 1.165) is 38.8 Å². The van der Waals surface area contributed by atoms with Crippen molar-refractivity contribution in [2.45, 2.75) is 52.5 Å². The molecule has 2 saturated heterocycles. The molecule has 0 aromatic rings. The third kappa shape index (κ3) is 3.07. The molecule has 0 aliphatic carbocycles. The highest BCUT2D eigenvalue weighted by Crippen LogP contribution is 2.38. The van der Waals surface area contributed by atoms with Gasteiger partial charge in [0.05, 0.1) is 12.0 Å². The second-order valence-electron chi connectivity index (χ2n) is 6.50. The Hall–Kier alpha value is -1.10. The molecular formula is C16H28N2O3. The highest BCUT2D eigenvalue weighted by molar-refractivity contribution is 5.89. The van der Waals surface area contributed by atoms with Crippen molar-refractivity contribution >= 4 is 11.9 Å². The second kappa shape index (κ2) is 6.77. The van der Waals surface area contributed by atoms with E-state index in [9.17, 15) is 9.59 Å². The molecule has 2 aliphatic heterocycles. The van der Waals surface area contributed by atoms with Gasteiger partial charge in [-0.2, -0.15) is 0 Å². The molecule has 2 rings (SSSR count). The van der Waals surface area contributed by atoms with Crippen LogP contribution in [0.3, 0.4) is 0 Å². The molecular weight excluding hydrogens is 268 g/mol. The van der Waals surface area contributed by atoms with Gasteiger partial charge in [-0.05, 0) is 45.1 Å². The summed E-state index contributed by atoms with van der Waals surface area (Å²) in [5.41, 5.74) is -0.359. The zero-order valence-electron chi connectivity index (χ0n) is 13.5. The lowest BCUT2D eigenvalue weighted by Gasteiger charge is -2.41. The molecule has 0 spiro atoms. The van der Waals surface area contributed by atoms with Crippen LogP contribution in [0.5, 0.6) is 0 Å². The van der Waals surface area contributed by atoms with Crippen LogP contribution >= 0.6 is 0 Å². The highest BCUT2D eigenvalue weighted by atomic mass is 16.5. The monoisotopic (exact) mass is 296 g/mol. The van der Waals surface area contributed by atoms with Crippen molar-refractivity contribution in [3.05, 3.63) is 0 Å². The van der Waals surface area contributed by atoms with E-state index in [1.165, 1.54) is 0 Å². The average molecular weight is 296 g/mol. The van der Waals surface area contributed by atoms with Gasteiger partial charge in [0.2, 0.25) is 5.91 Å². The van der Waals surface area contributed by atoms with Gasteiger partial charge in [-0.3, -0.25) is 4.79 Å². The summed E-state index contributed by atoms with van der Waals surface area (Å²) in [5.74, 6) is 0.167. The minimum atomic E-state index is -0.387. The zero-order valence-corrected chi connectivity index (χ0v) is 13.5. The number of piperidine rings is 1. The Labute approximate surface area is 127 Å². The normalized spacial score (nSPS) is 29.7. The van der Waals surface area contributed by atoms with E-state index >= 15 is 0 Å². The van der Waals surface area contributed by atoms with Gasteiger partial charge in [0.1, 0.15) is 6.04 Å². The zero-order chi connectivity index (χ0) is 15.5. The summed E-state index contributed by atoms with van der Waals surface area (Å²) in [6.45, 7) is 8.66. The second-order valence-corrected chi connectivity index (χ2v) is 6.50. The Morgan fingerprint density at radius 2 is 2.14 bits per heavy atom. The van der Waals surface area contributed by atoms with Crippen molar-refractivity contribution in [2.24, 2.45) is 11.3 Å². The molecule has 5 heteroatoms. The number of rotatable bonds is 4. The molecule has 5 nitrogen and oxygen atoms in total. The molecule has 0 bridgehead atoms. The third-order valence-electron chi connectivity index (χ3n) is 5.04. The fraction of sp³-hybridized carbons (Fsp3) is 0.875. The van der Waals surface area contributed by atoms with Gasteiger partial charge >= 0.3 is 5.97 Å². The predicted octanol–water partition coefficient (Wildman–Crippen LogP) is 1.57. The van der Waals surface area contributed by atoms with Gasteiger partial charge in [-0.1, -0.05) is 13.8 Å². The minimum absolute atomic E-state index is 0.139. The number of esters is 1. The molecule has 2 unspecified atom stereocenters. The van der Waals surface area contributed by atoms with Gasteiger partial charge < -0.3 is 15.0 Å². The van der Waals surface area contributed by atoms with Crippen LogP contribution in [0.4, 0.5) is 0 Å². The van der Waals surface area contributed by atoms with E-state index in [1.54, 1.807) is 4.90 Å². The molecule has 0 saturated carbocycles. The minimum Gasteiger partial charge on any atom is -0.464 e. The topological polar surface area (TPSA) is 58.6 Å². The number of carbonyl (C=O) groups is 2. The van der Waals surface area contributed by atoms with Crippen molar-refractivity contribution < 1.29 is 14.3 Å². The van der Waals surface area contributed by atoms with Crippen LogP contribution in [0.15, 0.2) is 0 Å². The molecule has 2 heterocycles. The number of nitrogens with one attached hydrogen (secondary N) is 1. The molecule has 0 aromatic carbocycles. The van der Waals surface area contributed by atoms with Crippen molar-refractivity contribution in [1.29, 1.82) is 0 Å². The van der Waals surface area contributed by atoms with Gasteiger partial charge in [0, 0.05) is 13.1 Å². The quantitative estimate of drug-likeness (QED) is 0.800. The van der Waals surface area contributed by atoms with Gasteiger partial charge in [0.15, 0.2) is 0 Å². The average Bonchev–Trinajstić information content (AvgIpc) is 2.97. The standard InChI is InChI=1S/C16H28N2O3/c1-4-21-14(19)13-7-5-6-10-18(13)15(20)16(12(2)3)8-9-17-11-16/h12-13,17H,4-11H2,1-3H3. The first kappa shape index (κ1) is 16.3. The van der Waals surface area contributed by atoms with E-state index in [1.807, 2.05) is 6.92 Å². The predicted molar refractivity (Wildman–Crippen MR) is 80.7 cm³/mol. The fourth-order valence-corrected chi connectivity index (χ4v) is 3.58. The maximum absolute atomic E-state index is 13.2. The largest absolute Gasteiger partial charge is 0.464 e. The van der Waals surface area contributed by atoms with Crippen LogP contribution in [0.25, 0.3) is 0 Å². The summed E-state index contributed by atoms with van der Waals surface area (Å²) in [4.78, 5) is 27.1. The Morgan fingerprint density at radius 1 is 1.38 bits per heavy atom. The van der Waals surface area contributed by atoms with Crippen LogP contribution < -0.4 is 5.32 Å². The van der Waals surface area contributed by atoms with Crippen molar-refractivity contribution in [2.75, 3.05) is 26.2 Å². The van der Waals surface area contributed by atoms with Crippen molar-refractivity contribution in [3.8, 4) is 0 Å². The number of hydrogen-bond donors (Lipinski definition) is 1. The van der Waals surface area contributed by atoms with Crippen LogP contribution in [0.2, 0.25) is 0 Å². The molecule has 120 valence electrons. The van der Waals surface area contributed by atoms with Gasteiger partial charge in [0.25, 0.3) is 0 Å². The lowest BCUT2D eigenvalue weighted by atomic mass is 9.74. The van der Waals surface area contributed by atoms with E-state index in [4.69, 9.17) is 4.74 Å². The Morgan fingerprint density at radius 3 is 2.71 bits per heavy atom. The summed E-state index contributed by atoms with van der Waals surface area (Å²) in [6, 6.07) is -0.387. The van der Waals surface area contributed by atoms with Crippen LogP contribution in [0, 0.1) is 11.3 Å². The van der Waals surface area contributed by atoms with Crippen molar-refractivity contribution in [3.63, 3.8) is 0 Å². The molecule has 1 amide bonds. The summed E-state index contributed by atoms with van der Waals surface area (Å²) >= 11 is 0. The molecule has 21 heavy (non-hydrogen) atoms. The van der Waals surface area contributed by atoms with Gasteiger partial charge in [-0.15, -0.1) is 0 Å². The molecule has 0 aromatic heterocycles. The maximum atomic E-state index is 13.2. The Bertz CT molecular complexity index is 389. The van der Waals surface area contributed by atoms with E-state index in [-0.39, 0.29) is 29.3 Å². The fourth-order valence-electron chi connectivity index (χ4n) is 3.58. The molecule has 2 atom stereocenters. The first-order chi connectivity index (χ1) is 10.0. The summed E-state index contributed by atoms with van der Waals surface area (Å²) in [7, 11) is 0. The number of carbonyl (C=O) groups excluding carboxylic acids is 2. The Balaban J connectivity index is 2.20. The van der Waals surface area contributed by atoms with Crippen molar-refractivity contribution in [1.82, 2.24) is 10.2 Å². The first-order valence-electron chi connectivity index (χ1n) is 8.21. The third-order valence-corrected chi connectivity index (χ3v) is 5.04. The van der Waals surface area contributed by atoms with E-state index in [0.29, 0.717) is 13.2 Å². The molecule has 2 aliphatic rings. The van der Waals surface area contributed by atoms with Crippen LogP contribution in [0.1, 0.15) is 46.5 Å². The SMILES string of the molecule is CCOC(=O)C1CCCCN1C(=O)C1(C(C)C)CCNC1. The number of hydrogen-bond acceptors (Lipinski definition) is 4. The highest BCUT2D eigenvalue weighted by Gasteiger charge is 2.48. The smallest absolute Gasteiger partial charge is 0.328 e. The molecule has 1 N–H and O–H groups in total. The number of nitrogens with zero attached hydrogens (tertiary/aromatic N) is 1. The van der Waals surface area contributed by atoms with E-state index < -0.39 is 0 Å². The summed E-state index contributed by atoms with van der Waals surface area (Å²) in [6.07, 6.45) is 3.55. The number of likely N-dealkylation sites (tertiary alicyclic amines) is 1. The van der Waals surface area contributed by atoms with E-state index in [2.05, 4.69) is 19.2 Å². The van der Waals surface area contributed by atoms with Crippen LogP contribution in [-0.4, -0.2) is 49.1 Å². The first-order valence-corrected chi connectivity index (χ1v) is 8.21. The maximum Gasteiger partial charge on any atom is 0.328 e. The molecule has 2 fully saturated rings. The van der Waals surface area contributed by atoms with Crippen LogP contribution in [-0.2, 0) is 14.3 Å². The van der Waals surface area contributed by atoms with Gasteiger partial charge in [-0.25, -0.2) is 4.79 Å². The number of ether oxygens (including phenoxy) is 1. The summed E-state index contributed by atoms with van der Waals surface area (Å²) < 4.78 is 5.17. The lowest BCUT2D eigenvalue weighted by molar-refractivity contribution is -0.161. The summed E-state index contributed by atoms with van der Waals surface area (Å²) in [5, 5.41) is 3.32.